The van der Waals surface area contributed by atoms with Gasteiger partial charge in [-0.05, 0) is 25.5 Å². The number of amides is 1. The van der Waals surface area contributed by atoms with Crippen molar-refractivity contribution < 1.29 is 9.53 Å². The molecule has 0 atom stereocenters. The fourth-order valence-electron chi connectivity index (χ4n) is 1.67. The first-order valence-electron chi connectivity index (χ1n) is 5.82. The largest absolute Gasteiger partial charge is 0.483 e. The molecule has 2 rings (SSSR count). The van der Waals surface area contributed by atoms with Gasteiger partial charge in [0.1, 0.15) is 5.75 Å². The number of nitrogens with zero attached hydrogens (tertiary/aromatic N) is 1. The van der Waals surface area contributed by atoms with Crippen LogP contribution in [0.25, 0.3) is 0 Å². The number of ether oxygens (including phenoxy) is 1. The summed E-state index contributed by atoms with van der Waals surface area (Å²) in [4.78, 5) is 15.8. The van der Waals surface area contributed by atoms with Crippen LogP contribution in [0.2, 0.25) is 0 Å². The fourth-order valence-corrected chi connectivity index (χ4v) is 2.42. The number of rotatable bonds is 3. The van der Waals surface area contributed by atoms with Crippen molar-refractivity contribution in [3.63, 3.8) is 0 Å². The van der Waals surface area contributed by atoms with E-state index in [0.29, 0.717) is 5.17 Å². The molecule has 0 unspecified atom stereocenters. The van der Waals surface area contributed by atoms with E-state index in [-0.39, 0.29) is 12.5 Å². The normalized spacial score (nSPS) is 14.2. The Morgan fingerprint density at radius 2 is 2.33 bits per heavy atom. The Morgan fingerprint density at radius 1 is 1.50 bits per heavy atom. The summed E-state index contributed by atoms with van der Waals surface area (Å²) in [6, 6.07) is 5.89. The Bertz CT molecular complexity index is 486. The second-order valence-corrected chi connectivity index (χ2v) is 5.22. The maximum absolute atomic E-state index is 11.6. The Hall–Kier alpha value is -1.49. The predicted molar refractivity (Wildman–Crippen MR) is 74.3 cm³/mol. The lowest BCUT2D eigenvalue weighted by molar-refractivity contribution is -0.121. The number of carbonyl (C=O) groups is 1. The van der Waals surface area contributed by atoms with Crippen LogP contribution in [0.4, 0.5) is 0 Å². The van der Waals surface area contributed by atoms with Gasteiger partial charge in [0.15, 0.2) is 11.8 Å². The molecule has 96 valence electrons. The molecule has 1 heterocycles. The quantitative estimate of drug-likeness (QED) is 0.907. The van der Waals surface area contributed by atoms with E-state index < -0.39 is 0 Å². The Kier molecular flexibility index (Phi) is 4.25. The second-order valence-electron chi connectivity index (χ2n) is 4.14. The number of aliphatic imine (C=N–C) groups is 1. The minimum atomic E-state index is -0.164. The third-order valence-corrected chi connectivity index (χ3v) is 3.41. The first-order chi connectivity index (χ1) is 8.65. The van der Waals surface area contributed by atoms with Crippen LogP contribution in [-0.2, 0) is 4.79 Å². The van der Waals surface area contributed by atoms with Gasteiger partial charge in [0, 0.05) is 5.75 Å². The highest BCUT2D eigenvalue weighted by Gasteiger charge is 2.11. The monoisotopic (exact) mass is 264 g/mol. The van der Waals surface area contributed by atoms with E-state index in [4.69, 9.17) is 4.74 Å². The summed E-state index contributed by atoms with van der Waals surface area (Å²) in [5.74, 6) is 1.52. The first-order valence-corrected chi connectivity index (χ1v) is 6.81. The number of thioether (sulfide) groups is 1. The molecule has 0 aromatic heterocycles. The third-order valence-electron chi connectivity index (χ3n) is 2.52. The van der Waals surface area contributed by atoms with Gasteiger partial charge in [0.25, 0.3) is 5.91 Å². The predicted octanol–water partition coefficient (Wildman–Crippen LogP) is 1.90. The van der Waals surface area contributed by atoms with Crippen molar-refractivity contribution >= 4 is 22.8 Å². The van der Waals surface area contributed by atoms with Crippen LogP contribution in [0.1, 0.15) is 11.1 Å². The summed E-state index contributed by atoms with van der Waals surface area (Å²) < 4.78 is 5.49. The minimum absolute atomic E-state index is 0.0173. The van der Waals surface area contributed by atoms with Crippen molar-refractivity contribution in [2.24, 2.45) is 4.99 Å². The van der Waals surface area contributed by atoms with Crippen LogP contribution in [0.3, 0.4) is 0 Å². The molecule has 1 aromatic carbocycles. The van der Waals surface area contributed by atoms with Crippen molar-refractivity contribution in [2.75, 3.05) is 18.9 Å². The van der Waals surface area contributed by atoms with E-state index in [1.807, 2.05) is 32.0 Å². The van der Waals surface area contributed by atoms with Gasteiger partial charge in [-0.15, -0.1) is 0 Å². The van der Waals surface area contributed by atoms with Gasteiger partial charge >= 0.3 is 0 Å². The molecule has 0 aliphatic carbocycles. The van der Waals surface area contributed by atoms with Gasteiger partial charge in [-0.3, -0.25) is 9.79 Å². The number of carbonyl (C=O) groups excluding carboxylic acids is 1. The van der Waals surface area contributed by atoms with Gasteiger partial charge in [-0.25, -0.2) is 0 Å². The number of nitrogens with one attached hydrogen (secondary N) is 1. The SMILES string of the molecule is Cc1ccc(OCC(=O)NC2=NCCS2)c(C)c1. The lowest BCUT2D eigenvalue weighted by atomic mass is 10.1. The number of amidine groups is 1. The van der Waals surface area contributed by atoms with Gasteiger partial charge in [0.05, 0.1) is 6.54 Å². The topological polar surface area (TPSA) is 50.7 Å². The third kappa shape index (κ3) is 3.50. The summed E-state index contributed by atoms with van der Waals surface area (Å²) in [7, 11) is 0. The van der Waals surface area contributed by atoms with Crippen LogP contribution in [0.15, 0.2) is 23.2 Å². The number of benzene rings is 1. The van der Waals surface area contributed by atoms with E-state index in [2.05, 4.69) is 10.3 Å². The van der Waals surface area contributed by atoms with E-state index in [1.165, 1.54) is 5.56 Å². The summed E-state index contributed by atoms with van der Waals surface area (Å²) in [5, 5.41) is 3.43. The molecule has 4 nitrogen and oxygen atoms in total. The van der Waals surface area contributed by atoms with Crippen molar-refractivity contribution in [3.8, 4) is 5.75 Å². The first kappa shape index (κ1) is 13.0. The number of aryl methyl sites for hydroxylation is 2. The standard InChI is InChI=1S/C13H16N2O2S/c1-9-3-4-11(10(2)7-9)17-8-12(16)15-13-14-5-6-18-13/h3-4,7H,5-6,8H2,1-2H3,(H,14,15,16). The summed E-state index contributed by atoms with van der Waals surface area (Å²) in [5.41, 5.74) is 2.22. The van der Waals surface area contributed by atoms with Crippen LogP contribution in [0, 0.1) is 13.8 Å². The second kappa shape index (κ2) is 5.91. The van der Waals surface area contributed by atoms with Gasteiger partial charge in [-0.2, -0.15) is 0 Å². The highest BCUT2D eigenvalue weighted by Crippen LogP contribution is 2.18. The van der Waals surface area contributed by atoms with E-state index in [9.17, 15) is 4.79 Å². The fraction of sp³-hybridized carbons (Fsp3) is 0.385. The molecular formula is C13H16N2O2S. The smallest absolute Gasteiger partial charge is 0.263 e. The Labute approximate surface area is 111 Å². The molecular weight excluding hydrogens is 248 g/mol. The van der Waals surface area contributed by atoms with Crippen LogP contribution in [0.5, 0.6) is 5.75 Å². The molecule has 0 saturated heterocycles. The highest BCUT2D eigenvalue weighted by molar-refractivity contribution is 8.14. The van der Waals surface area contributed by atoms with Gasteiger partial charge in [0.2, 0.25) is 0 Å². The highest BCUT2D eigenvalue weighted by atomic mass is 32.2. The molecule has 1 amide bonds. The van der Waals surface area contributed by atoms with Gasteiger partial charge in [-0.1, -0.05) is 29.5 Å². The molecule has 1 N–H and O–H groups in total. The summed E-state index contributed by atoms with van der Waals surface area (Å²) in [6.45, 7) is 4.79. The number of hydrogen-bond donors (Lipinski definition) is 1. The summed E-state index contributed by atoms with van der Waals surface area (Å²) >= 11 is 1.56. The molecule has 1 aliphatic heterocycles. The minimum Gasteiger partial charge on any atom is -0.483 e. The van der Waals surface area contributed by atoms with Crippen molar-refractivity contribution in [1.29, 1.82) is 0 Å². The zero-order chi connectivity index (χ0) is 13.0. The van der Waals surface area contributed by atoms with Crippen molar-refractivity contribution in [1.82, 2.24) is 5.32 Å². The van der Waals surface area contributed by atoms with Crippen molar-refractivity contribution in [3.05, 3.63) is 29.3 Å². The Balaban J connectivity index is 1.85. The van der Waals surface area contributed by atoms with E-state index in [1.54, 1.807) is 11.8 Å². The molecule has 1 aromatic rings. The zero-order valence-corrected chi connectivity index (χ0v) is 11.3. The lowest BCUT2D eigenvalue weighted by Crippen LogP contribution is -2.32. The average molecular weight is 264 g/mol. The molecule has 0 radical (unpaired) electrons. The van der Waals surface area contributed by atoms with Crippen molar-refractivity contribution in [2.45, 2.75) is 13.8 Å². The van der Waals surface area contributed by atoms with Crippen LogP contribution < -0.4 is 10.1 Å². The summed E-state index contributed by atoms with van der Waals surface area (Å²) in [6.07, 6.45) is 0. The molecule has 0 spiro atoms. The van der Waals surface area contributed by atoms with E-state index in [0.717, 1.165) is 23.6 Å². The molecule has 0 bridgehead atoms. The Morgan fingerprint density at radius 3 is 3.00 bits per heavy atom. The zero-order valence-electron chi connectivity index (χ0n) is 10.5. The average Bonchev–Trinajstić information content (AvgIpc) is 2.80. The number of hydrogen-bond acceptors (Lipinski definition) is 4. The molecule has 5 heteroatoms. The molecule has 18 heavy (non-hydrogen) atoms. The molecule has 1 aliphatic rings. The maximum atomic E-state index is 11.6. The van der Waals surface area contributed by atoms with E-state index >= 15 is 0 Å². The molecule has 0 saturated carbocycles. The van der Waals surface area contributed by atoms with Crippen LogP contribution >= 0.6 is 11.8 Å². The molecule has 0 fully saturated rings. The lowest BCUT2D eigenvalue weighted by Gasteiger charge is -2.09. The maximum Gasteiger partial charge on any atom is 0.263 e. The van der Waals surface area contributed by atoms with Crippen LogP contribution in [-0.4, -0.2) is 30.0 Å². The van der Waals surface area contributed by atoms with Gasteiger partial charge < -0.3 is 10.1 Å².